The zero-order chi connectivity index (χ0) is 12.8. The monoisotopic (exact) mass is 281 g/mol. The molecule has 2 rings (SSSR count). The maximum Gasteiger partial charge on any atom is 0.120 e. The minimum absolute atomic E-state index is 0. The molecule has 0 spiro atoms. The second kappa shape index (κ2) is 7.81. The van der Waals surface area contributed by atoms with Gasteiger partial charge in [0.1, 0.15) is 5.75 Å². The number of halogens is 1. The molecule has 0 aliphatic rings. The highest BCUT2D eigenvalue weighted by atomic mass is 35.5. The topological polar surface area (TPSA) is 50.1 Å². The lowest BCUT2D eigenvalue weighted by Crippen LogP contribution is -2.16. The van der Waals surface area contributed by atoms with Gasteiger partial charge in [0.15, 0.2) is 0 Å². The van der Waals surface area contributed by atoms with Crippen molar-refractivity contribution in [1.82, 2.24) is 15.1 Å². The van der Waals surface area contributed by atoms with Gasteiger partial charge in [0.25, 0.3) is 0 Å². The van der Waals surface area contributed by atoms with E-state index in [9.17, 15) is 5.11 Å². The summed E-state index contributed by atoms with van der Waals surface area (Å²) in [4.78, 5) is 0. The predicted octanol–water partition coefficient (Wildman–Crippen LogP) is 2.71. The first-order chi connectivity index (χ1) is 8.81. The molecule has 1 aromatic carbocycles. The number of aromatic hydroxyl groups is 1. The van der Waals surface area contributed by atoms with E-state index in [1.54, 1.807) is 6.07 Å². The highest BCUT2D eigenvalue weighted by Crippen LogP contribution is 2.15. The number of phenols is 1. The lowest BCUT2D eigenvalue weighted by atomic mass is 10.2. The smallest absolute Gasteiger partial charge is 0.120 e. The predicted molar refractivity (Wildman–Crippen MR) is 78.4 cm³/mol. The third-order valence-electron chi connectivity index (χ3n) is 2.85. The molecule has 0 saturated heterocycles. The number of rotatable bonds is 6. The van der Waals surface area contributed by atoms with Crippen LogP contribution in [0, 0.1) is 0 Å². The van der Waals surface area contributed by atoms with Crippen molar-refractivity contribution >= 4 is 12.4 Å². The van der Waals surface area contributed by atoms with Crippen LogP contribution in [0.4, 0.5) is 0 Å². The minimum atomic E-state index is 0. The van der Waals surface area contributed by atoms with Crippen molar-refractivity contribution < 1.29 is 5.11 Å². The Morgan fingerprint density at radius 2 is 2.00 bits per heavy atom. The Balaban J connectivity index is 0.00000180. The van der Waals surface area contributed by atoms with Gasteiger partial charge in [-0.2, -0.15) is 5.10 Å². The average Bonchev–Trinajstić information content (AvgIpc) is 2.80. The third kappa shape index (κ3) is 4.26. The molecule has 0 amide bonds. The van der Waals surface area contributed by atoms with Crippen molar-refractivity contribution in [2.24, 2.45) is 0 Å². The zero-order valence-electron chi connectivity index (χ0n) is 11.0. The Bertz CT molecular complexity index is 499. The number of nitrogens with one attached hydrogen (secondary N) is 1. The molecule has 0 unspecified atom stereocenters. The lowest BCUT2D eigenvalue weighted by Gasteiger charge is -2.08. The normalized spacial score (nSPS) is 10.2. The molecule has 19 heavy (non-hydrogen) atoms. The van der Waals surface area contributed by atoms with Gasteiger partial charge in [-0.25, -0.2) is 0 Å². The van der Waals surface area contributed by atoms with E-state index < -0.39 is 0 Å². The Hall–Kier alpha value is -1.52. The van der Waals surface area contributed by atoms with Crippen LogP contribution in [0.25, 0.3) is 0 Å². The number of aryl methyl sites for hydroxylation is 1. The molecule has 0 aliphatic carbocycles. The largest absolute Gasteiger partial charge is 0.508 e. The van der Waals surface area contributed by atoms with E-state index in [0.717, 1.165) is 25.1 Å². The van der Waals surface area contributed by atoms with Crippen molar-refractivity contribution in [2.75, 3.05) is 0 Å². The van der Waals surface area contributed by atoms with Gasteiger partial charge < -0.3 is 10.4 Å². The number of phenolic OH excluding ortho intramolecular Hbond substituents is 1. The van der Waals surface area contributed by atoms with E-state index in [1.165, 1.54) is 5.69 Å². The fraction of sp³-hybridized carbons (Fsp3) is 0.357. The SMILES string of the molecule is CCCn1nccc1CNCc1ccccc1O.Cl. The summed E-state index contributed by atoms with van der Waals surface area (Å²) in [7, 11) is 0. The molecule has 2 N–H and O–H groups in total. The van der Waals surface area contributed by atoms with Gasteiger partial charge in [0.05, 0.1) is 5.69 Å². The zero-order valence-corrected chi connectivity index (χ0v) is 11.9. The van der Waals surface area contributed by atoms with E-state index in [4.69, 9.17) is 0 Å². The maximum absolute atomic E-state index is 9.65. The maximum atomic E-state index is 9.65. The highest BCUT2D eigenvalue weighted by molar-refractivity contribution is 5.85. The molecule has 104 valence electrons. The van der Waals surface area contributed by atoms with E-state index in [1.807, 2.05) is 35.1 Å². The van der Waals surface area contributed by atoms with Gasteiger partial charge in [0, 0.05) is 31.4 Å². The van der Waals surface area contributed by atoms with Crippen LogP contribution in [0.15, 0.2) is 36.5 Å². The molecule has 0 aliphatic heterocycles. The van der Waals surface area contributed by atoms with Crippen LogP contribution >= 0.6 is 12.4 Å². The lowest BCUT2D eigenvalue weighted by molar-refractivity contribution is 0.463. The third-order valence-corrected chi connectivity index (χ3v) is 2.85. The standard InChI is InChI=1S/C14H19N3O.ClH/c1-2-9-17-13(7-8-16-17)11-15-10-12-5-3-4-6-14(12)18;/h3-8,15,18H,2,9-11H2,1H3;1H. The summed E-state index contributed by atoms with van der Waals surface area (Å²) in [5, 5.41) is 17.2. The highest BCUT2D eigenvalue weighted by Gasteiger charge is 2.02. The number of benzene rings is 1. The molecule has 0 bridgehead atoms. The summed E-state index contributed by atoms with van der Waals surface area (Å²) < 4.78 is 2.01. The number of aromatic nitrogens is 2. The van der Waals surface area contributed by atoms with Gasteiger partial charge in [-0.3, -0.25) is 4.68 Å². The summed E-state index contributed by atoms with van der Waals surface area (Å²) >= 11 is 0. The summed E-state index contributed by atoms with van der Waals surface area (Å²) in [6, 6.07) is 9.41. The molecular weight excluding hydrogens is 262 g/mol. The molecule has 1 aromatic heterocycles. The number of hydrogen-bond donors (Lipinski definition) is 2. The summed E-state index contributed by atoms with van der Waals surface area (Å²) in [5.74, 6) is 0.340. The summed E-state index contributed by atoms with van der Waals surface area (Å²) in [6.07, 6.45) is 2.90. The first kappa shape index (κ1) is 15.5. The van der Waals surface area contributed by atoms with Crippen molar-refractivity contribution in [1.29, 1.82) is 0 Å². The van der Waals surface area contributed by atoms with Crippen LogP contribution in [0.1, 0.15) is 24.6 Å². The van der Waals surface area contributed by atoms with Crippen LogP contribution < -0.4 is 5.32 Å². The Kier molecular flexibility index (Phi) is 6.39. The van der Waals surface area contributed by atoms with Crippen LogP contribution in [-0.2, 0) is 19.6 Å². The Labute approximate surface area is 119 Å². The van der Waals surface area contributed by atoms with Crippen molar-refractivity contribution in [3.8, 4) is 5.75 Å². The van der Waals surface area contributed by atoms with E-state index in [0.29, 0.717) is 12.3 Å². The molecule has 0 atom stereocenters. The number of hydrogen-bond acceptors (Lipinski definition) is 3. The van der Waals surface area contributed by atoms with Gasteiger partial charge in [0.2, 0.25) is 0 Å². The molecule has 4 nitrogen and oxygen atoms in total. The van der Waals surface area contributed by atoms with Gasteiger partial charge in [-0.05, 0) is 18.6 Å². The first-order valence-corrected chi connectivity index (χ1v) is 6.29. The molecule has 0 saturated carbocycles. The summed E-state index contributed by atoms with van der Waals surface area (Å²) in [5.41, 5.74) is 2.09. The van der Waals surface area contributed by atoms with E-state index >= 15 is 0 Å². The van der Waals surface area contributed by atoms with E-state index in [2.05, 4.69) is 17.3 Å². The fourth-order valence-electron chi connectivity index (χ4n) is 1.91. The molecule has 1 heterocycles. The van der Waals surface area contributed by atoms with E-state index in [-0.39, 0.29) is 12.4 Å². The Morgan fingerprint density at radius 3 is 2.74 bits per heavy atom. The molecule has 5 heteroatoms. The van der Waals surface area contributed by atoms with Crippen LogP contribution in [0.3, 0.4) is 0 Å². The van der Waals surface area contributed by atoms with Crippen LogP contribution in [0.2, 0.25) is 0 Å². The van der Waals surface area contributed by atoms with Crippen LogP contribution in [0.5, 0.6) is 5.75 Å². The molecule has 2 aromatic rings. The molecule has 0 radical (unpaired) electrons. The second-order valence-corrected chi connectivity index (χ2v) is 4.28. The molecule has 0 fully saturated rings. The molecular formula is C14H20ClN3O. The Morgan fingerprint density at radius 1 is 1.21 bits per heavy atom. The first-order valence-electron chi connectivity index (χ1n) is 6.29. The summed E-state index contributed by atoms with van der Waals surface area (Å²) in [6.45, 7) is 4.50. The minimum Gasteiger partial charge on any atom is -0.508 e. The van der Waals surface area contributed by atoms with Gasteiger partial charge in [-0.1, -0.05) is 25.1 Å². The van der Waals surface area contributed by atoms with Crippen molar-refractivity contribution in [2.45, 2.75) is 33.0 Å². The fourth-order valence-corrected chi connectivity index (χ4v) is 1.91. The van der Waals surface area contributed by atoms with Crippen molar-refractivity contribution in [3.63, 3.8) is 0 Å². The quantitative estimate of drug-likeness (QED) is 0.856. The van der Waals surface area contributed by atoms with Gasteiger partial charge in [-0.15, -0.1) is 12.4 Å². The number of para-hydroxylation sites is 1. The average molecular weight is 282 g/mol. The second-order valence-electron chi connectivity index (χ2n) is 4.28. The number of nitrogens with zero attached hydrogens (tertiary/aromatic N) is 2. The van der Waals surface area contributed by atoms with Gasteiger partial charge >= 0.3 is 0 Å². The van der Waals surface area contributed by atoms with Crippen molar-refractivity contribution in [3.05, 3.63) is 47.8 Å². The van der Waals surface area contributed by atoms with Crippen LogP contribution in [-0.4, -0.2) is 14.9 Å².